The normalized spacial score (nSPS) is 20.2. The van der Waals surface area contributed by atoms with Crippen LogP contribution in [0.25, 0.3) is 0 Å². The van der Waals surface area contributed by atoms with Gasteiger partial charge < -0.3 is 24.9 Å². The lowest BCUT2D eigenvalue weighted by atomic mass is 9.79. The van der Waals surface area contributed by atoms with Gasteiger partial charge in [-0.25, -0.2) is 8.42 Å². The molecule has 2 aliphatic rings. The highest BCUT2D eigenvalue weighted by Crippen LogP contribution is 2.43. The summed E-state index contributed by atoms with van der Waals surface area (Å²) >= 11 is 6.31. The van der Waals surface area contributed by atoms with Crippen LogP contribution in [0.4, 0.5) is 17.1 Å². The summed E-state index contributed by atoms with van der Waals surface area (Å²) in [5, 5.41) is 15.5. The topological polar surface area (TPSA) is 155 Å². The van der Waals surface area contributed by atoms with E-state index in [9.17, 15) is 27.9 Å². The molecule has 202 valence electrons. The fourth-order valence-corrected chi connectivity index (χ4v) is 6.73. The van der Waals surface area contributed by atoms with Gasteiger partial charge in [-0.15, -0.1) is 0 Å². The summed E-state index contributed by atoms with van der Waals surface area (Å²) in [6.45, 7) is 4.68. The number of aliphatic carboxylic acids is 1. The number of furan rings is 1. The lowest BCUT2D eigenvalue weighted by Crippen LogP contribution is -2.49. The van der Waals surface area contributed by atoms with Crippen LogP contribution in [-0.4, -0.2) is 49.6 Å². The molecule has 2 saturated heterocycles. The molecular weight excluding hydrogens is 538 g/mol. The molecule has 3 N–H and O–H groups in total. The van der Waals surface area contributed by atoms with E-state index in [0.29, 0.717) is 31.2 Å². The number of nitrogens with one attached hydrogen (secondary N) is 2. The summed E-state index contributed by atoms with van der Waals surface area (Å²) in [6, 6.07) is 5.80. The number of carbonyl (C=O) groups is 1. The molecule has 2 aromatic carbocycles. The first-order valence-corrected chi connectivity index (χ1v) is 13.8. The zero-order valence-electron chi connectivity index (χ0n) is 20.6. The van der Waals surface area contributed by atoms with Crippen molar-refractivity contribution in [2.24, 2.45) is 5.41 Å². The average Bonchev–Trinajstić information content (AvgIpc) is 3.53. The predicted molar refractivity (Wildman–Crippen MR) is 139 cm³/mol. The minimum absolute atomic E-state index is 0.0250. The molecule has 38 heavy (non-hydrogen) atoms. The number of sulfonamides is 1. The molecule has 13 heteroatoms. The number of hydrogen-bond acceptors (Lipinski definition) is 9. The number of anilines is 3. The summed E-state index contributed by atoms with van der Waals surface area (Å²) in [6.07, 6.45) is 0.639. The Morgan fingerprint density at radius 2 is 1.89 bits per heavy atom. The van der Waals surface area contributed by atoms with Crippen LogP contribution in [0.15, 0.2) is 49.2 Å². The van der Waals surface area contributed by atoms with Crippen molar-refractivity contribution in [3.63, 3.8) is 0 Å². The van der Waals surface area contributed by atoms with Crippen molar-refractivity contribution in [1.29, 1.82) is 0 Å². The molecule has 0 amide bonds. The van der Waals surface area contributed by atoms with Gasteiger partial charge in [-0.05, 0) is 50.1 Å². The van der Waals surface area contributed by atoms with Crippen LogP contribution in [0.1, 0.15) is 37.3 Å². The Morgan fingerprint density at radius 1 is 1.18 bits per heavy atom. The van der Waals surface area contributed by atoms with Crippen LogP contribution < -0.4 is 21.5 Å². The zero-order valence-corrected chi connectivity index (χ0v) is 22.2. The fourth-order valence-electron chi connectivity index (χ4n) is 4.89. The molecule has 11 nitrogen and oxygen atoms in total. The van der Waals surface area contributed by atoms with Crippen molar-refractivity contribution in [3.05, 3.63) is 67.3 Å². The van der Waals surface area contributed by atoms with Gasteiger partial charge in [0.25, 0.3) is 10.9 Å². The van der Waals surface area contributed by atoms with E-state index in [1.54, 1.807) is 19.1 Å². The van der Waals surface area contributed by atoms with Crippen LogP contribution in [0.3, 0.4) is 0 Å². The van der Waals surface area contributed by atoms with E-state index in [4.69, 9.17) is 20.8 Å². The standard InChI is InChI=1S/C25H26ClN3O8S/c1-13-5-8-18(37-13)23(25(2)11-36-12-25)28-20-19(21(30)22(20)31)27-16-10-14(6-7-15(16)26)38(34,35)29-9-3-4-17(29)24(32)33/h5-8,10,17,23,27-28H,3-4,9,11-12H2,1-2H3,(H,32,33)/t17-,23?/m0/s1. The summed E-state index contributed by atoms with van der Waals surface area (Å²) < 4.78 is 38.6. The number of nitrogens with zero attached hydrogens (tertiary/aromatic N) is 1. The SMILES string of the molecule is Cc1ccc(C(Nc2c(Nc3cc(S(=O)(=O)N4CCC[C@H]4C(=O)O)ccc3Cl)c(=O)c2=O)C2(C)COC2)o1. The van der Waals surface area contributed by atoms with Crippen molar-refractivity contribution in [2.45, 2.75) is 43.7 Å². The quantitative estimate of drug-likeness (QED) is 0.331. The lowest BCUT2D eigenvalue weighted by molar-refractivity contribution is -0.140. The number of benzene rings is 1. The van der Waals surface area contributed by atoms with E-state index in [-0.39, 0.29) is 39.9 Å². The highest BCUT2D eigenvalue weighted by Gasteiger charge is 2.45. The van der Waals surface area contributed by atoms with E-state index < -0.39 is 44.3 Å². The van der Waals surface area contributed by atoms with Crippen molar-refractivity contribution in [3.8, 4) is 0 Å². The van der Waals surface area contributed by atoms with Crippen LogP contribution in [0, 0.1) is 12.3 Å². The minimum Gasteiger partial charge on any atom is -0.480 e. The molecule has 2 aliphatic heterocycles. The first-order chi connectivity index (χ1) is 17.9. The maximum absolute atomic E-state index is 13.2. The first kappa shape index (κ1) is 26.4. The fraction of sp³-hybridized carbons (Fsp3) is 0.400. The maximum Gasteiger partial charge on any atom is 0.322 e. The molecule has 0 saturated carbocycles. The Kier molecular flexibility index (Phi) is 6.62. The highest BCUT2D eigenvalue weighted by molar-refractivity contribution is 7.89. The molecule has 3 aromatic rings. The van der Waals surface area contributed by atoms with Crippen molar-refractivity contribution in [1.82, 2.24) is 4.31 Å². The lowest BCUT2D eigenvalue weighted by Gasteiger charge is -2.44. The van der Waals surface area contributed by atoms with E-state index in [1.165, 1.54) is 18.2 Å². The van der Waals surface area contributed by atoms with E-state index in [0.717, 1.165) is 4.31 Å². The van der Waals surface area contributed by atoms with Crippen molar-refractivity contribution < 1.29 is 27.5 Å². The second-order valence-electron chi connectivity index (χ2n) is 9.96. The molecule has 0 radical (unpaired) electrons. The Morgan fingerprint density at radius 3 is 2.50 bits per heavy atom. The largest absolute Gasteiger partial charge is 0.480 e. The molecule has 0 aliphatic carbocycles. The van der Waals surface area contributed by atoms with Crippen LogP contribution in [-0.2, 0) is 19.6 Å². The van der Waals surface area contributed by atoms with Crippen LogP contribution >= 0.6 is 11.6 Å². The Balaban J connectivity index is 1.46. The molecule has 2 fully saturated rings. The zero-order chi connectivity index (χ0) is 27.4. The molecule has 1 aromatic heterocycles. The van der Waals surface area contributed by atoms with Crippen molar-refractivity contribution in [2.75, 3.05) is 30.4 Å². The minimum atomic E-state index is -4.16. The second kappa shape index (κ2) is 9.53. The third-order valence-electron chi connectivity index (χ3n) is 7.10. The Hall–Kier alpha value is -3.19. The molecule has 0 spiro atoms. The number of halogens is 1. The Labute approximate surface area is 223 Å². The molecule has 1 unspecified atom stereocenters. The Bertz CT molecular complexity index is 1590. The number of hydrogen-bond donors (Lipinski definition) is 3. The smallest absolute Gasteiger partial charge is 0.322 e. The maximum atomic E-state index is 13.2. The second-order valence-corrected chi connectivity index (χ2v) is 12.3. The van der Waals surface area contributed by atoms with E-state index in [1.807, 2.05) is 6.92 Å². The highest BCUT2D eigenvalue weighted by atomic mass is 35.5. The third kappa shape index (κ3) is 4.41. The van der Waals surface area contributed by atoms with E-state index >= 15 is 0 Å². The van der Waals surface area contributed by atoms with Gasteiger partial charge in [0.05, 0.1) is 34.9 Å². The predicted octanol–water partition coefficient (Wildman–Crippen LogP) is 3.01. The number of ether oxygens (including phenoxy) is 1. The summed E-state index contributed by atoms with van der Waals surface area (Å²) in [7, 11) is -4.16. The number of carboxylic acid groups (broad SMARTS) is 1. The molecule has 0 bridgehead atoms. The van der Waals surface area contributed by atoms with Gasteiger partial charge in [-0.3, -0.25) is 14.4 Å². The number of carboxylic acids is 1. The molecular formula is C25H26ClN3O8S. The van der Waals surface area contributed by atoms with Gasteiger partial charge in [0, 0.05) is 12.0 Å². The van der Waals surface area contributed by atoms with Crippen molar-refractivity contribution >= 4 is 44.7 Å². The van der Waals surface area contributed by atoms with Gasteiger partial charge in [0.2, 0.25) is 10.0 Å². The average molecular weight is 564 g/mol. The summed E-state index contributed by atoms with van der Waals surface area (Å²) in [5.74, 6) is 0.0497. The number of rotatable bonds is 9. The first-order valence-electron chi connectivity index (χ1n) is 12.0. The van der Waals surface area contributed by atoms with Crippen LogP contribution in [0.2, 0.25) is 5.02 Å². The third-order valence-corrected chi connectivity index (χ3v) is 9.33. The van der Waals surface area contributed by atoms with Gasteiger partial charge in [-0.2, -0.15) is 4.31 Å². The van der Waals surface area contributed by atoms with E-state index in [2.05, 4.69) is 10.6 Å². The molecule has 5 rings (SSSR count). The van der Waals surface area contributed by atoms with Gasteiger partial charge in [-0.1, -0.05) is 18.5 Å². The number of aryl methyl sites for hydroxylation is 1. The van der Waals surface area contributed by atoms with Gasteiger partial charge in [0.15, 0.2) is 0 Å². The monoisotopic (exact) mass is 563 g/mol. The summed E-state index contributed by atoms with van der Waals surface area (Å²) in [4.78, 5) is 36.5. The van der Waals surface area contributed by atoms with Gasteiger partial charge in [0.1, 0.15) is 28.9 Å². The summed E-state index contributed by atoms with van der Waals surface area (Å²) in [5.41, 5.74) is -1.87. The molecule has 3 heterocycles. The van der Waals surface area contributed by atoms with Crippen LogP contribution in [0.5, 0.6) is 0 Å². The molecule has 2 atom stereocenters. The van der Waals surface area contributed by atoms with Gasteiger partial charge >= 0.3 is 5.97 Å².